The van der Waals surface area contributed by atoms with Gasteiger partial charge in [0, 0.05) is 65.6 Å². The van der Waals surface area contributed by atoms with Crippen molar-refractivity contribution in [2.75, 3.05) is 52.4 Å². The number of likely N-dealkylation sites (tertiary alicyclic amines) is 1. The summed E-state index contributed by atoms with van der Waals surface area (Å²) in [4.78, 5) is 36.6. The minimum absolute atomic E-state index is 0.134. The number of carboxylic acid groups (broad SMARTS) is 1. The minimum atomic E-state index is -4.58. The molecule has 0 bridgehead atoms. The van der Waals surface area contributed by atoms with E-state index in [1.807, 2.05) is 17.0 Å². The van der Waals surface area contributed by atoms with Gasteiger partial charge in [0.1, 0.15) is 24.5 Å². The summed E-state index contributed by atoms with van der Waals surface area (Å²) in [5.41, 5.74) is 1.25. The SMILES string of the molecule is CC(=O)N1CCN(CCOc2ccc(C3CCN(C4=Nn5c(nnc5C(F)(F)F)CC4)CC3)cc2)CC1.O=CO/C=C/C(=O)O. The molecule has 3 aliphatic rings. The summed E-state index contributed by atoms with van der Waals surface area (Å²) >= 11 is 0. The number of piperazine rings is 1. The van der Waals surface area contributed by atoms with Crippen molar-refractivity contribution in [3.05, 3.63) is 53.8 Å². The van der Waals surface area contributed by atoms with Gasteiger partial charge in [-0.1, -0.05) is 12.1 Å². The number of alkyl halides is 3. The van der Waals surface area contributed by atoms with Crippen molar-refractivity contribution in [2.24, 2.45) is 5.10 Å². The average molecular weight is 636 g/mol. The minimum Gasteiger partial charge on any atom is -0.492 e. The number of amidine groups is 1. The topological polar surface area (TPSA) is 143 Å². The number of carbonyl (C=O) groups is 3. The van der Waals surface area contributed by atoms with Crippen LogP contribution in [-0.2, 0) is 31.7 Å². The number of aliphatic carboxylic acids is 1. The smallest absolute Gasteiger partial charge is 0.453 e. The van der Waals surface area contributed by atoms with Gasteiger partial charge in [0.25, 0.3) is 12.3 Å². The molecule has 0 radical (unpaired) electrons. The highest BCUT2D eigenvalue weighted by atomic mass is 19.4. The van der Waals surface area contributed by atoms with E-state index < -0.39 is 18.0 Å². The van der Waals surface area contributed by atoms with Crippen LogP contribution in [0.4, 0.5) is 13.2 Å². The first-order chi connectivity index (χ1) is 21.5. The number of carbonyl (C=O) groups excluding carboxylic acids is 2. The first-order valence-electron chi connectivity index (χ1n) is 14.6. The van der Waals surface area contributed by atoms with Crippen LogP contribution in [0.5, 0.6) is 5.75 Å². The Bertz CT molecular complexity index is 1360. The van der Waals surface area contributed by atoms with Gasteiger partial charge < -0.3 is 24.4 Å². The molecule has 2 saturated heterocycles. The Kier molecular flexibility index (Phi) is 11.5. The van der Waals surface area contributed by atoms with Crippen molar-refractivity contribution in [3.63, 3.8) is 0 Å². The molecule has 1 N–H and O–H groups in total. The normalized spacial score (nSPS) is 17.6. The second-order valence-corrected chi connectivity index (χ2v) is 10.7. The molecule has 1 aromatic heterocycles. The lowest BCUT2D eigenvalue weighted by Crippen LogP contribution is -2.48. The van der Waals surface area contributed by atoms with Crippen LogP contribution < -0.4 is 4.74 Å². The monoisotopic (exact) mass is 635 g/mol. The second-order valence-electron chi connectivity index (χ2n) is 10.7. The highest BCUT2D eigenvalue weighted by Gasteiger charge is 2.40. The van der Waals surface area contributed by atoms with Crippen molar-refractivity contribution in [3.8, 4) is 5.75 Å². The number of aryl methyl sites for hydroxylation is 1. The molecule has 45 heavy (non-hydrogen) atoms. The van der Waals surface area contributed by atoms with E-state index in [4.69, 9.17) is 9.84 Å². The molecule has 13 nitrogen and oxygen atoms in total. The van der Waals surface area contributed by atoms with Crippen LogP contribution in [0.3, 0.4) is 0 Å². The van der Waals surface area contributed by atoms with Crippen LogP contribution in [0, 0.1) is 0 Å². The molecular weight excluding hydrogens is 599 g/mol. The number of hydrogen-bond donors (Lipinski definition) is 1. The molecule has 0 saturated carbocycles. The molecule has 3 aliphatic heterocycles. The van der Waals surface area contributed by atoms with E-state index in [1.54, 1.807) is 6.92 Å². The van der Waals surface area contributed by atoms with E-state index in [2.05, 4.69) is 42.0 Å². The van der Waals surface area contributed by atoms with Gasteiger partial charge in [-0.05, 0) is 36.5 Å². The fourth-order valence-corrected chi connectivity index (χ4v) is 5.38. The number of fused-ring (bicyclic) bond motifs is 1. The molecule has 5 rings (SSSR count). The van der Waals surface area contributed by atoms with Crippen LogP contribution >= 0.6 is 0 Å². The van der Waals surface area contributed by atoms with Crippen LogP contribution in [0.25, 0.3) is 0 Å². The molecule has 0 unspecified atom stereocenters. The highest BCUT2D eigenvalue weighted by Crippen LogP contribution is 2.32. The van der Waals surface area contributed by atoms with Crippen molar-refractivity contribution in [1.29, 1.82) is 0 Å². The summed E-state index contributed by atoms with van der Waals surface area (Å²) in [5.74, 6) is 0.0778. The molecule has 1 aromatic carbocycles. The summed E-state index contributed by atoms with van der Waals surface area (Å²) in [6.07, 6.45) is -0.286. The largest absolute Gasteiger partial charge is 0.492 e. The van der Waals surface area contributed by atoms with Crippen molar-refractivity contribution >= 4 is 24.2 Å². The highest BCUT2D eigenvalue weighted by molar-refractivity contribution is 5.83. The summed E-state index contributed by atoms with van der Waals surface area (Å²) in [7, 11) is 0. The Labute approximate surface area is 257 Å². The lowest BCUT2D eigenvalue weighted by molar-refractivity contribution is -0.147. The summed E-state index contributed by atoms with van der Waals surface area (Å²) in [5, 5.41) is 19.1. The standard InChI is InChI=1S/C25H32F3N7O2.C4H4O4/c1-18(36)33-14-12-32(13-15-33)16-17-37-21-4-2-19(3-5-21)20-8-10-34(11-9-20)23-7-6-22-29-30-24(25(26,27)28)35(22)31-23;5-3-8-2-1-4(6)7/h2-5,20H,6-17H2,1H3;1-3H,(H,6,7)/b;2-1+. The van der Waals surface area contributed by atoms with E-state index in [1.165, 1.54) is 5.56 Å². The number of amides is 1. The summed E-state index contributed by atoms with van der Waals surface area (Å²) in [6.45, 7) is 7.96. The zero-order chi connectivity index (χ0) is 32.4. The fourth-order valence-electron chi connectivity index (χ4n) is 5.38. The number of hydrogen-bond acceptors (Lipinski definition) is 10. The molecular formula is C29H36F3N7O6. The molecule has 2 fully saturated rings. The van der Waals surface area contributed by atoms with Gasteiger partial charge in [-0.2, -0.15) is 22.9 Å². The second kappa shape index (κ2) is 15.5. The molecule has 2 aromatic rings. The number of ether oxygens (including phenoxy) is 2. The number of halogens is 3. The Hall–Kier alpha value is -4.47. The van der Waals surface area contributed by atoms with E-state index in [9.17, 15) is 27.6 Å². The lowest BCUT2D eigenvalue weighted by atomic mass is 9.89. The number of carboxylic acids is 1. The molecule has 0 spiro atoms. The predicted molar refractivity (Wildman–Crippen MR) is 154 cm³/mol. The van der Waals surface area contributed by atoms with E-state index in [0.29, 0.717) is 37.3 Å². The van der Waals surface area contributed by atoms with Crippen molar-refractivity contribution in [2.45, 2.75) is 44.7 Å². The first-order valence-corrected chi connectivity index (χ1v) is 14.6. The average Bonchev–Trinajstić information content (AvgIpc) is 3.46. The number of aromatic nitrogens is 3. The van der Waals surface area contributed by atoms with Crippen LogP contribution in [0.15, 0.2) is 41.7 Å². The third kappa shape index (κ3) is 9.51. The Morgan fingerprint density at radius 2 is 1.71 bits per heavy atom. The zero-order valence-corrected chi connectivity index (χ0v) is 24.9. The van der Waals surface area contributed by atoms with Crippen molar-refractivity contribution < 1.29 is 42.1 Å². The molecule has 0 atom stereocenters. The van der Waals surface area contributed by atoms with Gasteiger partial charge in [0.15, 0.2) is 5.82 Å². The van der Waals surface area contributed by atoms with E-state index in [-0.39, 0.29) is 18.2 Å². The fraction of sp³-hybridized carbons (Fsp3) is 0.517. The quantitative estimate of drug-likeness (QED) is 0.261. The molecule has 4 heterocycles. The Morgan fingerprint density at radius 3 is 2.31 bits per heavy atom. The van der Waals surface area contributed by atoms with Gasteiger partial charge in [-0.15, -0.1) is 10.2 Å². The van der Waals surface area contributed by atoms with Crippen LogP contribution in [0.2, 0.25) is 0 Å². The maximum atomic E-state index is 13.2. The maximum absolute atomic E-state index is 13.2. The van der Waals surface area contributed by atoms with Crippen molar-refractivity contribution in [1.82, 2.24) is 29.6 Å². The maximum Gasteiger partial charge on any atom is 0.453 e. The predicted octanol–water partition coefficient (Wildman–Crippen LogP) is 2.58. The molecule has 1 amide bonds. The van der Waals surface area contributed by atoms with E-state index in [0.717, 1.165) is 75.3 Å². The number of piperidine rings is 1. The van der Waals surface area contributed by atoms with Gasteiger partial charge in [-0.25, -0.2) is 4.79 Å². The van der Waals surface area contributed by atoms with Crippen LogP contribution in [0.1, 0.15) is 49.3 Å². The molecule has 244 valence electrons. The number of rotatable bonds is 8. The third-order valence-corrected chi connectivity index (χ3v) is 7.80. The summed E-state index contributed by atoms with van der Waals surface area (Å²) < 4.78 is 50.3. The number of nitrogens with zero attached hydrogens (tertiary/aromatic N) is 7. The lowest BCUT2D eigenvalue weighted by Gasteiger charge is -2.35. The Morgan fingerprint density at radius 1 is 1.02 bits per heavy atom. The van der Waals surface area contributed by atoms with E-state index >= 15 is 0 Å². The van der Waals surface area contributed by atoms with Crippen LogP contribution in [-0.4, -0.2) is 111 Å². The molecule has 16 heteroatoms. The molecule has 0 aliphatic carbocycles. The van der Waals surface area contributed by atoms with Gasteiger partial charge in [-0.3, -0.25) is 14.5 Å². The Balaban J connectivity index is 0.000000510. The zero-order valence-electron chi connectivity index (χ0n) is 24.9. The van der Waals surface area contributed by atoms with Gasteiger partial charge >= 0.3 is 12.1 Å². The first kappa shape index (κ1) is 33.4. The van der Waals surface area contributed by atoms with Gasteiger partial charge in [0.2, 0.25) is 5.91 Å². The number of benzene rings is 1. The van der Waals surface area contributed by atoms with Gasteiger partial charge in [0.05, 0.1) is 6.08 Å². The summed E-state index contributed by atoms with van der Waals surface area (Å²) in [6, 6.07) is 8.23. The third-order valence-electron chi connectivity index (χ3n) is 7.80.